The molecule has 3 rings (SSSR count). The highest BCUT2D eigenvalue weighted by Gasteiger charge is 2.17. The molecule has 0 aliphatic heterocycles. The number of ether oxygens (including phenoxy) is 1. The van der Waals surface area contributed by atoms with Crippen LogP contribution in [0.2, 0.25) is 0 Å². The Kier molecular flexibility index (Phi) is 4.89. The molecule has 0 atom stereocenters. The van der Waals surface area contributed by atoms with Gasteiger partial charge < -0.3 is 14.6 Å². The molecule has 1 aromatic heterocycles. The predicted molar refractivity (Wildman–Crippen MR) is 92.3 cm³/mol. The summed E-state index contributed by atoms with van der Waals surface area (Å²) in [5.74, 6) is -0.423. The topological polar surface area (TPSA) is 81.4 Å². The molecule has 0 fully saturated rings. The van der Waals surface area contributed by atoms with Gasteiger partial charge in [-0.25, -0.2) is 4.79 Å². The number of anilines is 1. The molecule has 1 amide bonds. The molecule has 0 bridgehead atoms. The zero-order valence-electron chi connectivity index (χ0n) is 13.6. The fourth-order valence-electron chi connectivity index (χ4n) is 2.29. The van der Waals surface area contributed by atoms with Crippen LogP contribution in [0.15, 0.2) is 65.2 Å². The highest BCUT2D eigenvalue weighted by Crippen LogP contribution is 2.29. The van der Waals surface area contributed by atoms with Crippen LogP contribution in [0.25, 0.3) is 11.3 Å². The van der Waals surface area contributed by atoms with Crippen LogP contribution in [-0.2, 0) is 4.74 Å². The summed E-state index contributed by atoms with van der Waals surface area (Å²) in [6.07, 6.45) is 0. The van der Waals surface area contributed by atoms with Crippen LogP contribution in [0.5, 0.6) is 0 Å². The van der Waals surface area contributed by atoms with Crippen molar-refractivity contribution in [2.45, 2.75) is 6.92 Å². The molecule has 6 nitrogen and oxygen atoms in total. The van der Waals surface area contributed by atoms with Gasteiger partial charge in [0.2, 0.25) is 0 Å². The van der Waals surface area contributed by atoms with Gasteiger partial charge in [-0.2, -0.15) is 0 Å². The number of amides is 1. The van der Waals surface area contributed by atoms with Crippen molar-refractivity contribution in [1.29, 1.82) is 0 Å². The van der Waals surface area contributed by atoms with Crippen molar-refractivity contribution in [3.05, 3.63) is 71.9 Å². The van der Waals surface area contributed by atoms with Crippen molar-refractivity contribution in [3.8, 4) is 11.3 Å². The fraction of sp³-hybridized carbons (Fsp3) is 0.105. The first-order valence-electron chi connectivity index (χ1n) is 7.78. The molecule has 0 aliphatic carbocycles. The molecule has 6 heteroatoms. The largest absolute Gasteiger partial charge is 0.461 e. The molecule has 0 spiro atoms. The highest BCUT2D eigenvalue weighted by molar-refractivity contribution is 6.06. The summed E-state index contributed by atoms with van der Waals surface area (Å²) in [6.45, 7) is 1.97. The smallest absolute Gasteiger partial charge is 0.360 e. The summed E-state index contributed by atoms with van der Waals surface area (Å²) in [4.78, 5) is 24.1. The number of esters is 1. The van der Waals surface area contributed by atoms with Crippen molar-refractivity contribution < 1.29 is 18.8 Å². The molecule has 0 unspecified atom stereocenters. The summed E-state index contributed by atoms with van der Waals surface area (Å²) in [7, 11) is 0. The number of carbonyl (C=O) groups is 2. The van der Waals surface area contributed by atoms with E-state index in [1.54, 1.807) is 55.5 Å². The van der Waals surface area contributed by atoms with Crippen LogP contribution in [0.4, 0.5) is 5.69 Å². The standard InChI is InChI=1S/C19H16N2O4/c1-2-24-19(23)16-12-17(25-21-16)14-10-6-7-11-15(14)20-18(22)13-8-4-3-5-9-13/h3-12H,2H2,1H3,(H,20,22). The second kappa shape index (κ2) is 7.44. The minimum absolute atomic E-state index is 0.0843. The fourth-order valence-corrected chi connectivity index (χ4v) is 2.29. The van der Waals surface area contributed by atoms with Crippen molar-refractivity contribution in [1.82, 2.24) is 5.16 Å². The minimum atomic E-state index is -0.552. The third-order valence-corrected chi connectivity index (χ3v) is 3.47. The molecule has 0 aliphatic rings. The Morgan fingerprint density at radius 1 is 1.08 bits per heavy atom. The second-order valence-electron chi connectivity index (χ2n) is 5.16. The van der Waals surface area contributed by atoms with Crippen LogP contribution in [-0.4, -0.2) is 23.6 Å². The lowest BCUT2D eigenvalue weighted by atomic mass is 10.1. The third-order valence-electron chi connectivity index (χ3n) is 3.47. The first-order chi connectivity index (χ1) is 12.2. The number of rotatable bonds is 5. The zero-order chi connectivity index (χ0) is 17.6. The molecular weight excluding hydrogens is 320 g/mol. The van der Waals surface area contributed by atoms with Crippen molar-refractivity contribution >= 4 is 17.6 Å². The normalized spacial score (nSPS) is 10.3. The Morgan fingerprint density at radius 3 is 2.56 bits per heavy atom. The van der Waals surface area contributed by atoms with Gasteiger partial charge in [0.15, 0.2) is 11.5 Å². The third kappa shape index (κ3) is 3.74. The van der Waals surface area contributed by atoms with Crippen LogP contribution >= 0.6 is 0 Å². The molecule has 3 aromatic rings. The number of para-hydroxylation sites is 1. The van der Waals surface area contributed by atoms with E-state index in [0.717, 1.165) is 0 Å². The molecule has 126 valence electrons. The summed E-state index contributed by atoms with van der Waals surface area (Å²) < 4.78 is 10.1. The Balaban J connectivity index is 1.86. The van der Waals surface area contributed by atoms with Gasteiger partial charge in [-0.15, -0.1) is 0 Å². The first kappa shape index (κ1) is 16.4. The number of aromatic nitrogens is 1. The number of carbonyl (C=O) groups excluding carboxylic acids is 2. The van der Waals surface area contributed by atoms with Gasteiger partial charge in [0.05, 0.1) is 12.3 Å². The van der Waals surface area contributed by atoms with E-state index in [4.69, 9.17) is 9.26 Å². The monoisotopic (exact) mass is 336 g/mol. The lowest BCUT2D eigenvalue weighted by Crippen LogP contribution is -2.12. The van der Waals surface area contributed by atoms with Gasteiger partial charge in [-0.3, -0.25) is 4.79 Å². The van der Waals surface area contributed by atoms with E-state index in [1.807, 2.05) is 6.07 Å². The van der Waals surface area contributed by atoms with Crippen LogP contribution in [0.3, 0.4) is 0 Å². The molecule has 1 N–H and O–H groups in total. The highest BCUT2D eigenvalue weighted by atomic mass is 16.5. The van der Waals surface area contributed by atoms with E-state index in [2.05, 4.69) is 10.5 Å². The number of nitrogens with zero attached hydrogens (tertiary/aromatic N) is 1. The minimum Gasteiger partial charge on any atom is -0.461 e. The summed E-state index contributed by atoms with van der Waals surface area (Å²) in [6, 6.07) is 17.5. The molecular formula is C19H16N2O4. The van der Waals surface area contributed by atoms with E-state index < -0.39 is 5.97 Å². The Bertz CT molecular complexity index is 887. The SMILES string of the molecule is CCOC(=O)c1cc(-c2ccccc2NC(=O)c2ccccc2)on1. The van der Waals surface area contributed by atoms with E-state index in [1.165, 1.54) is 6.07 Å². The van der Waals surface area contributed by atoms with Crippen molar-refractivity contribution in [3.63, 3.8) is 0 Å². The van der Waals surface area contributed by atoms with Gasteiger partial charge in [0.25, 0.3) is 5.91 Å². The van der Waals surface area contributed by atoms with E-state index in [0.29, 0.717) is 22.6 Å². The maximum atomic E-state index is 12.4. The Hall–Kier alpha value is -3.41. The van der Waals surface area contributed by atoms with Gasteiger partial charge in [0.1, 0.15) is 0 Å². The molecule has 0 radical (unpaired) electrons. The second-order valence-corrected chi connectivity index (χ2v) is 5.16. The average molecular weight is 336 g/mol. The lowest BCUT2D eigenvalue weighted by molar-refractivity contribution is 0.0514. The van der Waals surface area contributed by atoms with Gasteiger partial charge in [-0.05, 0) is 31.2 Å². The summed E-state index contributed by atoms with van der Waals surface area (Å²) in [5, 5.41) is 6.57. The quantitative estimate of drug-likeness (QED) is 0.717. The van der Waals surface area contributed by atoms with Crippen LogP contribution in [0.1, 0.15) is 27.8 Å². The lowest BCUT2D eigenvalue weighted by Gasteiger charge is -2.08. The maximum Gasteiger partial charge on any atom is 0.360 e. The number of hydrogen-bond donors (Lipinski definition) is 1. The van der Waals surface area contributed by atoms with Gasteiger partial charge >= 0.3 is 5.97 Å². The van der Waals surface area contributed by atoms with Crippen molar-refractivity contribution in [2.75, 3.05) is 11.9 Å². The molecule has 0 saturated carbocycles. The van der Waals surface area contributed by atoms with E-state index >= 15 is 0 Å². The van der Waals surface area contributed by atoms with Crippen LogP contribution in [0, 0.1) is 0 Å². The molecule has 25 heavy (non-hydrogen) atoms. The number of nitrogens with one attached hydrogen (secondary N) is 1. The molecule has 2 aromatic carbocycles. The Morgan fingerprint density at radius 2 is 1.80 bits per heavy atom. The molecule has 0 saturated heterocycles. The van der Waals surface area contributed by atoms with E-state index in [9.17, 15) is 9.59 Å². The maximum absolute atomic E-state index is 12.4. The Labute approximate surface area is 144 Å². The van der Waals surface area contributed by atoms with Gasteiger partial charge in [0, 0.05) is 17.2 Å². The van der Waals surface area contributed by atoms with Crippen molar-refractivity contribution in [2.24, 2.45) is 0 Å². The van der Waals surface area contributed by atoms with Gasteiger partial charge in [-0.1, -0.05) is 35.5 Å². The number of benzene rings is 2. The van der Waals surface area contributed by atoms with E-state index in [-0.39, 0.29) is 18.2 Å². The summed E-state index contributed by atoms with van der Waals surface area (Å²) >= 11 is 0. The van der Waals surface area contributed by atoms with Crippen LogP contribution < -0.4 is 5.32 Å². The zero-order valence-corrected chi connectivity index (χ0v) is 13.6. The molecule has 1 heterocycles. The number of hydrogen-bond acceptors (Lipinski definition) is 5. The summed E-state index contributed by atoms with van der Waals surface area (Å²) in [5.41, 5.74) is 1.81. The average Bonchev–Trinajstić information content (AvgIpc) is 3.13. The first-order valence-corrected chi connectivity index (χ1v) is 7.78. The predicted octanol–water partition coefficient (Wildman–Crippen LogP) is 3.77.